The summed E-state index contributed by atoms with van der Waals surface area (Å²) in [4.78, 5) is 20.5. The molecule has 2 N–H and O–H groups in total. The lowest BCUT2D eigenvalue weighted by Gasteiger charge is -2.10. The molecule has 0 radical (unpaired) electrons. The summed E-state index contributed by atoms with van der Waals surface area (Å²) in [6, 6.07) is 18.4. The Morgan fingerprint density at radius 2 is 1.67 bits per heavy atom. The molecule has 3 heterocycles. The highest BCUT2D eigenvalue weighted by atomic mass is 15.1. The second-order valence-electron chi connectivity index (χ2n) is 5.86. The van der Waals surface area contributed by atoms with Gasteiger partial charge < -0.3 is 10.3 Å². The van der Waals surface area contributed by atoms with E-state index in [9.17, 15) is 0 Å². The van der Waals surface area contributed by atoms with E-state index in [1.807, 2.05) is 50.2 Å². The molecule has 5 rings (SSSR count). The van der Waals surface area contributed by atoms with Gasteiger partial charge in [-0.2, -0.15) is 0 Å². The van der Waals surface area contributed by atoms with Crippen LogP contribution in [-0.2, 0) is 6.54 Å². The summed E-state index contributed by atoms with van der Waals surface area (Å²) in [5.74, 6) is 1.61. The van der Waals surface area contributed by atoms with E-state index >= 15 is 0 Å². The molecule has 0 bridgehead atoms. The Kier molecular flexibility index (Phi) is 6.74. The maximum absolute atomic E-state index is 4.80. The average Bonchev–Trinajstić information content (AvgIpc) is 3.45. The number of H-pyrrole nitrogens is 1. The predicted octanol–water partition coefficient (Wildman–Crippen LogP) is 4.58. The van der Waals surface area contributed by atoms with Crippen LogP contribution in [0.15, 0.2) is 67.3 Å². The summed E-state index contributed by atoms with van der Waals surface area (Å²) in [5, 5.41) is 3.36. The number of terminal acetylenes is 1. The average molecular weight is 397 g/mol. The van der Waals surface area contributed by atoms with Gasteiger partial charge in [-0.25, -0.2) is 19.9 Å². The van der Waals surface area contributed by atoms with Crippen molar-refractivity contribution in [1.29, 1.82) is 0 Å². The van der Waals surface area contributed by atoms with Gasteiger partial charge in [-0.05, 0) is 24.3 Å². The fourth-order valence-electron chi connectivity index (χ4n) is 3.12. The molecule has 30 heavy (non-hydrogen) atoms. The van der Waals surface area contributed by atoms with Crippen LogP contribution in [0, 0.1) is 12.8 Å². The van der Waals surface area contributed by atoms with Crippen molar-refractivity contribution in [2.45, 2.75) is 20.4 Å². The van der Waals surface area contributed by atoms with E-state index in [0.29, 0.717) is 18.0 Å². The zero-order valence-electron chi connectivity index (χ0n) is 16.9. The standard InChI is InChI=1S/C19H15N7.C2H6.C2H2/c1-2-6-13(7-3-1)26-15-9-5-4-8-14(15)25-16(26)10-20-18-17-19(22-11-21-17)24-12-23-18;2*1-2/h1-9,11-12H,10H2,(H2,20,21,22,23,24);1-2H3;1-2H. The molecule has 2 aromatic carbocycles. The second kappa shape index (κ2) is 9.85. The highest BCUT2D eigenvalue weighted by Gasteiger charge is 2.13. The van der Waals surface area contributed by atoms with Crippen LogP contribution in [0.3, 0.4) is 0 Å². The first-order chi connectivity index (χ1) is 14.9. The third-order valence-electron chi connectivity index (χ3n) is 4.28. The maximum Gasteiger partial charge on any atom is 0.182 e. The van der Waals surface area contributed by atoms with Gasteiger partial charge >= 0.3 is 0 Å². The van der Waals surface area contributed by atoms with Crippen LogP contribution in [0.1, 0.15) is 19.7 Å². The molecule has 7 nitrogen and oxygen atoms in total. The van der Waals surface area contributed by atoms with E-state index in [2.05, 4.69) is 60.9 Å². The third-order valence-corrected chi connectivity index (χ3v) is 4.28. The number of nitrogens with zero attached hydrogens (tertiary/aromatic N) is 5. The second-order valence-corrected chi connectivity index (χ2v) is 5.86. The van der Waals surface area contributed by atoms with Crippen LogP contribution in [0.4, 0.5) is 5.82 Å². The van der Waals surface area contributed by atoms with Crippen LogP contribution >= 0.6 is 0 Å². The van der Waals surface area contributed by atoms with Gasteiger partial charge in [-0.3, -0.25) is 4.57 Å². The first kappa shape index (κ1) is 20.6. The summed E-state index contributed by atoms with van der Waals surface area (Å²) in [6.07, 6.45) is 11.1. The van der Waals surface area contributed by atoms with Crippen LogP contribution in [0.5, 0.6) is 0 Å². The van der Waals surface area contributed by atoms with Crippen molar-refractivity contribution >= 4 is 28.0 Å². The van der Waals surface area contributed by atoms with Gasteiger partial charge in [0, 0.05) is 5.69 Å². The van der Waals surface area contributed by atoms with Gasteiger partial charge in [0.2, 0.25) is 0 Å². The third kappa shape index (κ3) is 3.98. The lowest BCUT2D eigenvalue weighted by atomic mass is 10.3. The molecular weight excluding hydrogens is 374 g/mol. The normalized spacial score (nSPS) is 10.0. The van der Waals surface area contributed by atoms with Crippen molar-refractivity contribution in [3.05, 3.63) is 73.1 Å². The monoisotopic (exact) mass is 397 g/mol. The summed E-state index contributed by atoms with van der Waals surface area (Å²) in [5.41, 5.74) is 4.54. The molecule has 0 fully saturated rings. The lowest BCUT2D eigenvalue weighted by Crippen LogP contribution is -2.09. The highest BCUT2D eigenvalue weighted by molar-refractivity contribution is 5.82. The molecule has 0 aliphatic heterocycles. The van der Waals surface area contributed by atoms with E-state index in [4.69, 9.17) is 4.98 Å². The summed E-state index contributed by atoms with van der Waals surface area (Å²) >= 11 is 0. The zero-order valence-corrected chi connectivity index (χ0v) is 16.9. The Morgan fingerprint density at radius 3 is 2.47 bits per heavy atom. The number of nitrogens with one attached hydrogen (secondary N) is 2. The Hall–Kier alpha value is -4.18. The minimum Gasteiger partial charge on any atom is -0.361 e. The summed E-state index contributed by atoms with van der Waals surface area (Å²) in [7, 11) is 0. The quantitative estimate of drug-likeness (QED) is 0.434. The highest BCUT2D eigenvalue weighted by Crippen LogP contribution is 2.22. The maximum atomic E-state index is 4.80. The summed E-state index contributed by atoms with van der Waals surface area (Å²) < 4.78 is 2.16. The number of para-hydroxylation sites is 3. The molecule has 150 valence electrons. The SMILES string of the molecule is C#C.CC.c1ccc(-n2c(CNc3ncnc4nc[nH]c34)nc3ccccc32)cc1. The van der Waals surface area contributed by atoms with Crippen molar-refractivity contribution < 1.29 is 0 Å². The van der Waals surface area contributed by atoms with Crippen LogP contribution in [0.25, 0.3) is 27.9 Å². The fraction of sp³-hybridized carbons (Fsp3) is 0.130. The minimum atomic E-state index is 0.523. The molecule has 0 unspecified atom stereocenters. The first-order valence-electron chi connectivity index (χ1n) is 9.63. The number of imidazole rings is 2. The first-order valence-corrected chi connectivity index (χ1v) is 9.63. The molecule has 0 atom stereocenters. The zero-order chi connectivity index (χ0) is 21.3. The Bertz CT molecular complexity index is 1240. The van der Waals surface area contributed by atoms with E-state index in [-0.39, 0.29) is 0 Å². The largest absolute Gasteiger partial charge is 0.361 e. The van der Waals surface area contributed by atoms with Crippen molar-refractivity contribution in [1.82, 2.24) is 29.5 Å². The van der Waals surface area contributed by atoms with Gasteiger partial charge in [-0.1, -0.05) is 44.2 Å². The number of aromatic nitrogens is 6. The molecule has 3 aromatic heterocycles. The Labute approximate surface area is 175 Å². The molecule has 0 saturated carbocycles. The van der Waals surface area contributed by atoms with Gasteiger partial charge in [-0.15, -0.1) is 12.8 Å². The molecular formula is C23H23N7. The van der Waals surface area contributed by atoms with Gasteiger partial charge in [0.1, 0.15) is 17.7 Å². The number of anilines is 1. The van der Waals surface area contributed by atoms with Crippen molar-refractivity contribution in [3.8, 4) is 18.5 Å². The fourth-order valence-corrected chi connectivity index (χ4v) is 3.12. The number of hydrogen-bond donors (Lipinski definition) is 2. The molecule has 0 aliphatic carbocycles. The van der Waals surface area contributed by atoms with Crippen molar-refractivity contribution in [3.63, 3.8) is 0 Å². The molecule has 0 saturated heterocycles. The van der Waals surface area contributed by atoms with E-state index in [1.54, 1.807) is 6.33 Å². The molecule has 7 heteroatoms. The predicted molar refractivity (Wildman–Crippen MR) is 121 cm³/mol. The van der Waals surface area contributed by atoms with Gasteiger partial charge in [0.25, 0.3) is 0 Å². The Morgan fingerprint density at radius 1 is 0.933 bits per heavy atom. The number of hydrogen-bond acceptors (Lipinski definition) is 5. The van der Waals surface area contributed by atoms with Crippen molar-refractivity contribution in [2.75, 3.05) is 5.32 Å². The topological polar surface area (TPSA) is 84.3 Å². The molecule has 0 aliphatic rings. The molecule has 5 aromatic rings. The molecule has 0 spiro atoms. The van der Waals surface area contributed by atoms with Crippen LogP contribution in [-0.4, -0.2) is 29.5 Å². The smallest absolute Gasteiger partial charge is 0.182 e. The van der Waals surface area contributed by atoms with Gasteiger partial charge in [0.05, 0.1) is 23.9 Å². The van der Waals surface area contributed by atoms with Crippen LogP contribution in [0.2, 0.25) is 0 Å². The minimum absolute atomic E-state index is 0.523. The number of rotatable bonds is 4. The number of benzene rings is 2. The van der Waals surface area contributed by atoms with E-state index in [0.717, 1.165) is 28.1 Å². The van der Waals surface area contributed by atoms with Crippen molar-refractivity contribution in [2.24, 2.45) is 0 Å². The Balaban J connectivity index is 0.000000606. The lowest BCUT2D eigenvalue weighted by molar-refractivity contribution is 0.911. The van der Waals surface area contributed by atoms with E-state index in [1.165, 1.54) is 6.33 Å². The van der Waals surface area contributed by atoms with E-state index < -0.39 is 0 Å². The molecule has 0 amide bonds. The number of aromatic amines is 1. The number of fused-ring (bicyclic) bond motifs is 2. The van der Waals surface area contributed by atoms with Gasteiger partial charge in [0.15, 0.2) is 11.5 Å². The summed E-state index contributed by atoms with van der Waals surface area (Å²) in [6.45, 7) is 4.52. The van der Waals surface area contributed by atoms with Crippen LogP contribution < -0.4 is 5.32 Å².